The third kappa shape index (κ3) is 4.61. The predicted octanol–water partition coefficient (Wildman–Crippen LogP) is 7.05. The summed E-state index contributed by atoms with van der Waals surface area (Å²) in [6.45, 7) is 10.8. The zero-order valence-corrected chi connectivity index (χ0v) is 21.6. The fourth-order valence-corrected chi connectivity index (χ4v) is 5.12. The molecule has 184 valence electrons. The van der Waals surface area contributed by atoms with E-state index in [1.807, 2.05) is 48.0 Å². The molecule has 0 fully saturated rings. The first kappa shape index (κ1) is 23.1. The lowest BCUT2D eigenvalue weighted by molar-refractivity contribution is 0.411. The smallest absolute Gasteiger partial charge is 0.161 e. The van der Waals surface area contributed by atoms with Gasteiger partial charge in [-0.3, -0.25) is 15.1 Å². The van der Waals surface area contributed by atoms with E-state index >= 15 is 0 Å². The molecule has 6 rings (SSSR count). The number of aromatic amines is 2. The molecule has 0 amide bonds. The summed E-state index contributed by atoms with van der Waals surface area (Å²) in [6.07, 6.45) is 6.27. The van der Waals surface area contributed by atoms with Crippen molar-refractivity contribution in [2.75, 3.05) is 5.32 Å². The number of rotatable bonds is 6. The van der Waals surface area contributed by atoms with Gasteiger partial charge < -0.3 is 10.3 Å². The molecule has 3 N–H and O–H groups in total. The van der Waals surface area contributed by atoms with Crippen LogP contribution in [0, 0.1) is 5.41 Å². The molecule has 6 aromatic rings. The van der Waals surface area contributed by atoms with Crippen LogP contribution in [0.5, 0.6) is 0 Å². The van der Waals surface area contributed by atoms with Gasteiger partial charge in [-0.05, 0) is 47.5 Å². The molecule has 0 bridgehead atoms. The van der Waals surface area contributed by atoms with Gasteiger partial charge in [-0.2, -0.15) is 5.10 Å². The van der Waals surface area contributed by atoms with Crippen molar-refractivity contribution >= 4 is 39.1 Å². The topological polar surface area (TPSA) is 108 Å². The normalized spacial score (nSPS) is 11.9. The second-order valence-corrected chi connectivity index (χ2v) is 11.2. The molecule has 9 heteroatoms. The van der Waals surface area contributed by atoms with Crippen molar-refractivity contribution in [1.82, 2.24) is 35.1 Å². The zero-order chi connectivity index (χ0) is 25.6. The molecule has 8 nitrogen and oxygen atoms in total. The van der Waals surface area contributed by atoms with Crippen LogP contribution in [-0.4, -0.2) is 35.1 Å². The second-order valence-electron chi connectivity index (χ2n) is 10.2. The van der Waals surface area contributed by atoms with Crippen LogP contribution < -0.4 is 5.32 Å². The Balaban J connectivity index is 1.36. The minimum Gasteiger partial charge on any atom is -0.358 e. The number of nitrogens with zero attached hydrogens (tertiary/aromatic N) is 5. The number of aromatic nitrogens is 7. The molecule has 6 heterocycles. The van der Waals surface area contributed by atoms with Gasteiger partial charge in [0.1, 0.15) is 16.7 Å². The van der Waals surface area contributed by atoms with Crippen molar-refractivity contribution in [3.05, 3.63) is 72.6 Å². The van der Waals surface area contributed by atoms with Gasteiger partial charge in [-0.15, -0.1) is 11.3 Å². The molecule has 0 aromatic carbocycles. The average Bonchev–Trinajstić information content (AvgIpc) is 3.61. The van der Waals surface area contributed by atoms with Crippen LogP contribution in [0.2, 0.25) is 0 Å². The van der Waals surface area contributed by atoms with Crippen LogP contribution in [-0.2, 0) is 0 Å². The van der Waals surface area contributed by atoms with Crippen LogP contribution in [0.3, 0.4) is 0 Å². The summed E-state index contributed by atoms with van der Waals surface area (Å²) in [4.78, 5) is 23.3. The van der Waals surface area contributed by atoms with Gasteiger partial charge in [0.15, 0.2) is 11.5 Å². The molecule has 6 aromatic heterocycles. The Bertz CT molecular complexity index is 1740. The quantitative estimate of drug-likeness (QED) is 0.223. The van der Waals surface area contributed by atoms with Gasteiger partial charge in [0.2, 0.25) is 0 Å². The van der Waals surface area contributed by atoms with E-state index in [0.29, 0.717) is 11.5 Å². The molecule has 37 heavy (non-hydrogen) atoms. The standard InChI is InChI=1S/C28H26N8S/c1-16(13-28(2,3)4)31-18-12-17(14-29-15-18)19-7-8-21-24(32-19)26(36-35-21)27-33-20-9-10-30-25(23(20)34-27)22-6-5-11-37-22/h5-12,14-15,31H,1,13H2,2-4H3,(H,33,34)(H,35,36). The Morgan fingerprint density at radius 1 is 1.03 bits per heavy atom. The maximum atomic E-state index is 4.95. The number of H-pyrrole nitrogens is 2. The highest BCUT2D eigenvalue weighted by molar-refractivity contribution is 7.13. The minimum absolute atomic E-state index is 0.149. The average molecular weight is 507 g/mol. The summed E-state index contributed by atoms with van der Waals surface area (Å²) in [5, 5.41) is 13.0. The lowest BCUT2D eigenvalue weighted by Crippen LogP contribution is -2.10. The monoisotopic (exact) mass is 506 g/mol. The van der Waals surface area contributed by atoms with E-state index in [2.05, 4.69) is 57.8 Å². The van der Waals surface area contributed by atoms with Gasteiger partial charge in [0.25, 0.3) is 0 Å². The highest BCUT2D eigenvalue weighted by atomic mass is 32.1. The van der Waals surface area contributed by atoms with Crippen molar-refractivity contribution in [3.63, 3.8) is 0 Å². The number of fused-ring (bicyclic) bond motifs is 2. The largest absolute Gasteiger partial charge is 0.358 e. The fourth-order valence-electron chi connectivity index (χ4n) is 4.40. The summed E-state index contributed by atoms with van der Waals surface area (Å²) in [6, 6.07) is 12.0. The second kappa shape index (κ2) is 8.94. The van der Waals surface area contributed by atoms with Crippen molar-refractivity contribution in [1.29, 1.82) is 0 Å². The molecule has 0 spiro atoms. The van der Waals surface area contributed by atoms with E-state index in [1.165, 1.54) is 0 Å². The third-order valence-electron chi connectivity index (χ3n) is 5.89. The predicted molar refractivity (Wildman–Crippen MR) is 150 cm³/mol. The number of allylic oxidation sites excluding steroid dienone is 1. The highest BCUT2D eigenvalue weighted by Gasteiger charge is 2.18. The number of hydrogen-bond donors (Lipinski definition) is 3. The molecule has 0 unspecified atom stereocenters. The van der Waals surface area contributed by atoms with Crippen LogP contribution in [0.4, 0.5) is 5.69 Å². The van der Waals surface area contributed by atoms with E-state index in [4.69, 9.17) is 9.97 Å². The summed E-state index contributed by atoms with van der Waals surface area (Å²) >= 11 is 1.64. The molecule has 0 radical (unpaired) electrons. The lowest BCUT2D eigenvalue weighted by atomic mass is 9.91. The molecule has 0 aliphatic rings. The van der Waals surface area contributed by atoms with Gasteiger partial charge in [-0.1, -0.05) is 33.4 Å². The highest BCUT2D eigenvalue weighted by Crippen LogP contribution is 2.32. The summed E-state index contributed by atoms with van der Waals surface area (Å²) < 4.78 is 0. The fraction of sp³-hybridized carbons (Fsp3) is 0.179. The minimum atomic E-state index is 0.149. The molecule has 0 atom stereocenters. The first-order chi connectivity index (χ1) is 17.8. The van der Waals surface area contributed by atoms with E-state index in [9.17, 15) is 0 Å². The van der Waals surface area contributed by atoms with Crippen molar-refractivity contribution in [2.24, 2.45) is 5.41 Å². The number of nitrogens with one attached hydrogen (secondary N) is 3. The van der Waals surface area contributed by atoms with E-state index in [0.717, 1.165) is 61.7 Å². The van der Waals surface area contributed by atoms with E-state index in [-0.39, 0.29) is 5.41 Å². The maximum absolute atomic E-state index is 4.95. The lowest BCUT2D eigenvalue weighted by Gasteiger charge is -2.20. The number of pyridine rings is 3. The first-order valence-electron chi connectivity index (χ1n) is 12.0. The Kier molecular flexibility index (Phi) is 5.57. The van der Waals surface area contributed by atoms with Gasteiger partial charge >= 0.3 is 0 Å². The molecule has 0 aliphatic carbocycles. The number of anilines is 1. The number of hydrogen-bond acceptors (Lipinski definition) is 7. The summed E-state index contributed by atoms with van der Waals surface area (Å²) in [5.41, 5.74) is 8.47. The van der Waals surface area contributed by atoms with E-state index in [1.54, 1.807) is 23.7 Å². The van der Waals surface area contributed by atoms with Crippen LogP contribution in [0.15, 0.2) is 72.6 Å². The molecule has 0 aliphatic heterocycles. The van der Waals surface area contributed by atoms with E-state index < -0.39 is 0 Å². The third-order valence-corrected chi connectivity index (χ3v) is 6.76. The van der Waals surface area contributed by atoms with Crippen LogP contribution in [0.1, 0.15) is 27.2 Å². The van der Waals surface area contributed by atoms with Crippen molar-refractivity contribution < 1.29 is 0 Å². The Morgan fingerprint density at radius 2 is 1.89 bits per heavy atom. The van der Waals surface area contributed by atoms with Crippen LogP contribution in [0.25, 0.3) is 55.4 Å². The summed E-state index contributed by atoms with van der Waals surface area (Å²) in [7, 11) is 0. The van der Waals surface area contributed by atoms with Crippen molar-refractivity contribution in [3.8, 4) is 33.3 Å². The molecule has 0 saturated heterocycles. The number of imidazole rings is 1. The molecular weight excluding hydrogens is 480 g/mol. The molecular formula is C28H26N8S. The van der Waals surface area contributed by atoms with Crippen LogP contribution >= 0.6 is 11.3 Å². The van der Waals surface area contributed by atoms with Crippen molar-refractivity contribution in [2.45, 2.75) is 27.2 Å². The van der Waals surface area contributed by atoms with Gasteiger partial charge in [0, 0.05) is 23.7 Å². The van der Waals surface area contributed by atoms with Gasteiger partial charge in [0.05, 0.1) is 33.5 Å². The molecule has 0 saturated carbocycles. The Hall–Kier alpha value is -4.37. The van der Waals surface area contributed by atoms with Gasteiger partial charge in [-0.25, -0.2) is 9.97 Å². The first-order valence-corrected chi connectivity index (χ1v) is 12.9. The Labute approximate surface area is 218 Å². The Morgan fingerprint density at radius 3 is 2.70 bits per heavy atom. The maximum Gasteiger partial charge on any atom is 0.161 e. The summed E-state index contributed by atoms with van der Waals surface area (Å²) in [5.74, 6) is 0.642. The SMILES string of the molecule is C=C(CC(C)(C)C)Nc1cncc(-c2ccc3[nH]nc(-c4nc5c(-c6cccs6)nccc5[nH]4)c3n2)c1. The zero-order valence-electron chi connectivity index (χ0n) is 20.8. The number of thiophene rings is 1.